The molecule has 0 saturated heterocycles. The van der Waals surface area contributed by atoms with Crippen molar-refractivity contribution in [2.45, 2.75) is 26.7 Å². The Morgan fingerprint density at radius 3 is 2.11 bits per heavy atom. The van der Waals surface area contributed by atoms with Crippen LogP contribution in [0.2, 0.25) is 0 Å². The molecule has 0 aliphatic heterocycles. The zero-order valence-corrected chi connectivity index (χ0v) is 19.6. The van der Waals surface area contributed by atoms with E-state index in [1.807, 2.05) is 50.2 Å². The fraction of sp³-hybridized carbons (Fsp3) is 0.143. The minimum atomic E-state index is -0.361. The second kappa shape index (κ2) is 10.6. The Morgan fingerprint density at radius 1 is 0.771 bits per heavy atom. The fourth-order valence-electron chi connectivity index (χ4n) is 3.82. The van der Waals surface area contributed by atoms with E-state index in [2.05, 4.69) is 15.7 Å². The van der Waals surface area contributed by atoms with Gasteiger partial charge < -0.3 is 10.6 Å². The predicted molar refractivity (Wildman–Crippen MR) is 136 cm³/mol. The van der Waals surface area contributed by atoms with Gasteiger partial charge in [0.1, 0.15) is 0 Å². The highest BCUT2D eigenvalue weighted by Gasteiger charge is 2.19. The number of aryl methyl sites for hydroxylation is 1. The van der Waals surface area contributed by atoms with Crippen molar-refractivity contribution < 1.29 is 14.4 Å². The fourth-order valence-corrected chi connectivity index (χ4v) is 3.82. The van der Waals surface area contributed by atoms with Crippen LogP contribution in [0.1, 0.15) is 44.9 Å². The van der Waals surface area contributed by atoms with E-state index in [-0.39, 0.29) is 30.4 Å². The minimum Gasteiger partial charge on any atom is -0.325 e. The van der Waals surface area contributed by atoms with Gasteiger partial charge in [-0.15, -0.1) is 0 Å². The van der Waals surface area contributed by atoms with Crippen LogP contribution in [-0.4, -0.2) is 27.4 Å². The lowest BCUT2D eigenvalue weighted by atomic mass is 10.1. The van der Waals surface area contributed by atoms with Gasteiger partial charge in [-0.2, -0.15) is 5.10 Å². The van der Waals surface area contributed by atoms with Crippen LogP contribution in [0.4, 0.5) is 11.4 Å². The number of Topliss-reactive ketones (excluding diaryl/α,β-unsaturated/α-hetero) is 1. The number of hydrogen-bond acceptors (Lipinski definition) is 4. The molecule has 0 bridgehead atoms. The van der Waals surface area contributed by atoms with Gasteiger partial charge in [0, 0.05) is 18.4 Å². The molecule has 35 heavy (non-hydrogen) atoms. The van der Waals surface area contributed by atoms with E-state index >= 15 is 0 Å². The van der Waals surface area contributed by atoms with Crippen LogP contribution in [0.25, 0.3) is 5.69 Å². The zero-order chi connectivity index (χ0) is 24.8. The number of hydrogen-bond donors (Lipinski definition) is 2. The topological polar surface area (TPSA) is 93.1 Å². The second-order valence-electron chi connectivity index (χ2n) is 8.13. The summed E-state index contributed by atoms with van der Waals surface area (Å²) in [5, 5.41) is 10.3. The zero-order valence-electron chi connectivity index (χ0n) is 19.6. The molecule has 1 heterocycles. The van der Waals surface area contributed by atoms with Crippen molar-refractivity contribution in [3.05, 3.63) is 107 Å². The third-order valence-corrected chi connectivity index (χ3v) is 5.65. The van der Waals surface area contributed by atoms with Crippen LogP contribution in [0.5, 0.6) is 0 Å². The van der Waals surface area contributed by atoms with Gasteiger partial charge in [-0.3, -0.25) is 14.4 Å². The number of benzene rings is 3. The first kappa shape index (κ1) is 23.6. The first-order valence-electron chi connectivity index (χ1n) is 11.3. The Morgan fingerprint density at radius 2 is 1.40 bits per heavy atom. The third kappa shape index (κ3) is 5.52. The summed E-state index contributed by atoms with van der Waals surface area (Å²) in [6, 6.07) is 25.3. The second-order valence-corrected chi connectivity index (χ2v) is 8.13. The van der Waals surface area contributed by atoms with Crippen LogP contribution in [0.3, 0.4) is 0 Å². The van der Waals surface area contributed by atoms with Crippen molar-refractivity contribution in [3.63, 3.8) is 0 Å². The maximum absolute atomic E-state index is 13.2. The van der Waals surface area contributed by atoms with Crippen molar-refractivity contribution in [2.75, 3.05) is 10.6 Å². The van der Waals surface area contributed by atoms with Crippen molar-refractivity contribution in [1.82, 2.24) is 9.78 Å². The van der Waals surface area contributed by atoms with Crippen LogP contribution < -0.4 is 10.6 Å². The number of aromatic nitrogens is 2. The summed E-state index contributed by atoms with van der Waals surface area (Å²) in [6.45, 7) is 3.72. The van der Waals surface area contributed by atoms with Gasteiger partial charge >= 0.3 is 0 Å². The smallest absolute Gasteiger partial charge is 0.257 e. The van der Waals surface area contributed by atoms with Gasteiger partial charge in [-0.05, 0) is 38.1 Å². The van der Waals surface area contributed by atoms with E-state index < -0.39 is 0 Å². The van der Waals surface area contributed by atoms with Gasteiger partial charge in [0.2, 0.25) is 5.91 Å². The third-order valence-electron chi connectivity index (χ3n) is 5.65. The Labute approximate surface area is 203 Å². The number of rotatable bonds is 8. The summed E-state index contributed by atoms with van der Waals surface area (Å²) in [5.74, 6) is -0.799. The number of nitrogens with one attached hydrogen (secondary N) is 2. The molecule has 0 radical (unpaired) electrons. The van der Waals surface area contributed by atoms with Crippen LogP contribution >= 0.6 is 0 Å². The lowest BCUT2D eigenvalue weighted by Gasteiger charge is -2.12. The Bertz CT molecular complexity index is 1360. The number of para-hydroxylation sites is 2. The van der Waals surface area contributed by atoms with Gasteiger partial charge in [0.15, 0.2) is 5.78 Å². The summed E-state index contributed by atoms with van der Waals surface area (Å²) in [7, 11) is 0. The lowest BCUT2D eigenvalue weighted by molar-refractivity contribution is -0.116. The Kier molecular flexibility index (Phi) is 7.16. The molecule has 7 heteroatoms. The molecule has 1 aromatic heterocycles. The predicted octanol–water partition coefficient (Wildman–Crippen LogP) is 5.34. The molecular formula is C28H26N4O3. The van der Waals surface area contributed by atoms with Gasteiger partial charge in [0.25, 0.3) is 5.91 Å². The molecular weight excluding hydrogens is 440 g/mol. The average Bonchev–Trinajstić information content (AvgIpc) is 3.17. The molecule has 0 unspecified atom stereocenters. The Balaban J connectivity index is 1.45. The molecule has 2 N–H and O–H groups in total. The maximum atomic E-state index is 13.2. The molecule has 4 rings (SSSR count). The van der Waals surface area contributed by atoms with Gasteiger partial charge in [0.05, 0.1) is 34.0 Å². The molecule has 0 aliphatic carbocycles. The van der Waals surface area contributed by atoms with Crippen LogP contribution in [0.15, 0.2) is 84.9 Å². The number of carbonyl (C=O) groups is 3. The average molecular weight is 467 g/mol. The number of nitrogens with zero attached hydrogens (tertiary/aromatic N) is 2. The normalized spacial score (nSPS) is 10.6. The molecule has 4 aromatic rings. The molecule has 0 saturated carbocycles. The highest BCUT2D eigenvalue weighted by atomic mass is 16.2. The highest BCUT2D eigenvalue weighted by Crippen LogP contribution is 2.25. The van der Waals surface area contributed by atoms with E-state index in [1.165, 1.54) is 0 Å². The highest BCUT2D eigenvalue weighted by molar-refractivity contribution is 6.10. The first-order valence-corrected chi connectivity index (χ1v) is 11.3. The monoisotopic (exact) mass is 466 g/mol. The largest absolute Gasteiger partial charge is 0.325 e. The molecule has 176 valence electrons. The number of ketones is 1. The van der Waals surface area contributed by atoms with E-state index in [0.717, 1.165) is 11.4 Å². The molecule has 3 aromatic carbocycles. The number of amides is 2. The van der Waals surface area contributed by atoms with Crippen molar-refractivity contribution in [1.29, 1.82) is 0 Å². The van der Waals surface area contributed by atoms with E-state index in [4.69, 9.17) is 0 Å². The minimum absolute atomic E-state index is 0.0196. The number of anilines is 2. The van der Waals surface area contributed by atoms with E-state index in [1.54, 1.807) is 53.2 Å². The van der Waals surface area contributed by atoms with Crippen molar-refractivity contribution >= 4 is 29.0 Å². The van der Waals surface area contributed by atoms with Gasteiger partial charge in [-0.25, -0.2) is 4.68 Å². The van der Waals surface area contributed by atoms with Crippen LogP contribution in [0, 0.1) is 13.8 Å². The maximum Gasteiger partial charge on any atom is 0.257 e. The first-order chi connectivity index (χ1) is 16.9. The summed E-state index contributed by atoms with van der Waals surface area (Å²) in [4.78, 5) is 38.0. The summed E-state index contributed by atoms with van der Waals surface area (Å²) in [5.41, 5.74) is 4.26. The molecule has 0 aliphatic rings. The molecule has 0 spiro atoms. The standard InChI is InChI=1S/C28H26N4O3/c1-19-27(20(2)32(31-19)22-13-7-4-8-14-22)30-28(35)23-15-9-10-16-24(23)29-26(34)18-17-25(33)21-11-5-3-6-12-21/h3-16H,17-18H2,1-2H3,(H,29,34)(H,30,35). The van der Waals surface area contributed by atoms with Crippen molar-refractivity contribution in [3.8, 4) is 5.69 Å². The molecule has 7 nitrogen and oxygen atoms in total. The SMILES string of the molecule is Cc1nn(-c2ccccc2)c(C)c1NC(=O)c1ccccc1NC(=O)CCC(=O)c1ccccc1. The lowest BCUT2D eigenvalue weighted by Crippen LogP contribution is -2.19. The molecule has 2 amide bonds. The summed E-state index contributed by atoms with van der Waals surface area (Å²) < 4.78 is 1.78. The molecule has 0 atom stereocenters. The van der Waals surface area contributed by atoms with Gasteiger partial charge in [-0.1, -0.05) is 60.7 Å². The summed E-state index contributed by atoms with van der Waals surface area (Å²) in [6.07, 6.45) is 0.104. The number of carbonyl (C=O) groups excluding carboxylic acids is 3. The molecule has 0 fully saturated rings. The summed E-state index contributed by atoms with van der Waals surface area (Å²) >= 11 is 0. The van der Waals surface area contributed by atoms with Crippen LogP contribution in [-0.2, 0) is 4.79 Å². The van der Waals surface area contributed by atoms with E-state index in [0.29, 0.717) is 28.2 Å². The Hall–Kier alpha value is -4.52. The quantitative estimate of drug-likeness (QED) is 0.343. The van der Waals surface area contributed by atoms with E-state index in [9.17, 15) is 14.4 Å². The van der Waals surface area contributed by atoms with Crippen molar-refractivity contribution in [2.24, 2.45) is 0 Å².